The van der Waals surface area contributed by atoms with E-state index in [9.17, 15) is 31.2 Å². The Morgan fingerprint density at radius 3 is 2.04 bits per heavy atom. The van der Waals surface area contributed by atoms with Crippen molar-refractivity contribution in [1.29, 1.82) is 0 Å². The van der Waals surface area contributed by atoms with E-state index in [4.69, 9.17) is 9.29 Å². The quantitative estimate of drug-likeness (QED) is 0.158. The van der Waals surface area contributed by atoms with E-state index in [1.807, 2.05) is 67.8 Å². The van der Waals surface area contributed by atoms with Gasteiger partial charge in [0.15, 0.2) is 5.75 Å². The molecule has 1 unspecified atom stereocenters. The molecule has 0 aliphatic carbocycles. The van der Waals surface area contributed by atoms with Crippen molar-refractivity contribution in [2.45, 2.75) is 18.7 Å². The molecular weight excluding hydrogens is 726 g/mol. The van der Waals surface area contributed by atoms with Crippen LogP contribution in [0.5, 0.6) is 5.75 Å². The molecule has 7 nitrogen and oxygen atoms in total. The van der Waals surface area contributed by atoms with E-state index >= 15 is 0 Å². The van der Waals surface area contributed by atoms with Crippen LogP contribution in [0.25, 0.3) is 0 Å². The average molecular weight is 734 g/mol. The van der Waals surface area contributed by atoms with Gasteiger partial charge >= 0.3 is 18.1 Å². The van der Waals surface area contributed by atoms with Crippen molar-refractivity contribution in [3.63, 3.8) is 0 Å². The van der Waals surface area contributed by atoms with E-state index < -0.39 is 46.5 Å². The second-order valence-corrected chi connectivity index (χ2v) is 9.69. The Morgan fingerprint density at radius 1 is 1.12 bits per heavy atom. The fourth-order valence-electron chi connectivity index (χ4n) is 1.48. The molecule has 0 fully saturated rings. The number of rotatable bonds is 6. The summed E-state index contributed by atoms with van der Waals surface area (Å²) >= 11 is 5.79. The zero-order valence-electron chi connectivity index (χ0n) is 12.2. The van der Waals surface area contributed by atoms with E-state index in [0.29, 0.717) is 7.14 Å². The monoisotopic (exact) mass is 734 g/mol. The number of benzene rings is 1. The lowest BCUT2D eigenvalue weighted by Crippen LogP contribution is -2.40. The highest BCUT2D eigenvalue weighted by Gasteiger charge is 2.45. The maximum absolute atomic E-state index is 12.7. The third kappa shape index (κ3) is 8.38. The summed E-state index contributed by atoms with van der Waals surface area (Å²) in [5.41, 5.74) is 0. The van der Waals surface area contributed by atoms with Crippen LogP contribution in [0.4, 0.5) is 13.2 Å². The van der Waals surface area contributed by atoms with Gasteiger partial charge in [-0.3, -0.25) is 14.1 Å². The molecule has 0 aliphatic heterocycles. The lowest BCUT2D eigenvalue weighted by Gasteiger charge is -2.19. The van der Waals surface area contributed by atoms with Gasteiger partial charge in [0.2, 0.25) is 6.10 Å². The molecule has 1 aromatic rings. The summed E-state index contributed by atoms with van der Waals surface area (Å²) in [6.07, 6.45) is -9.51. The number of carbonyl (C=O) groups excluding carboxylic acids is 2. The largest absolute Gasteiger partial charge is 0.451 e. The number of hydrogen-bond acceptors (Lipinski definition) is 6. The molecule has 1 atom stereocenters. The number of ether oxygens (including phenoxy) is 2. The van der Waals surface area contributed by atoms with Crippen LogP contribution < -0.4 is 4.74 Å². The van der Waals surface area contributed by atoms with Crippen LogP contribution in [0, 0.1) is 10.7 Å². The van der Waals surface area contributed by atoms with Crippen LogP contribution >= 0.6 is 67.8 Å². The highest BCUT2D eigenvalue weighted by atomic mass is 127. The summed E-state index contributed by atoms with van der Waals surface area (Å²) in [4.78, 5) is 23.3. The standard InChI is InChI=1S/C12H8F3I3O7S/c13-12(14,15)8(4-26(21,22)23)24-9(19)3-10(20)25-11-6(17)1-5(16)2-7(11)18/h1-2,8H,3-4H2,(H,21,22,23). The lowest BCUT2D eigenvalue weighted by atomic mass is 10.3. The van der Waals surface area contributed by atoms with Crippen molar-refractivity contribution >= 4 is 89.8 Å². The van der Waals surface area contributed by atoms with Gasteiger partial charge in [-0.15, -0.1) is 0 Å². The molecule has 0 heterocycles. The first-order chi connectivity index (χ1) is 11.7. The second kappa shape index (κ2) is 9.50. The number of alkyl halides is 3. The fourth-order valence-corrected chi connectivity index (χ4v) is 5.92. The summed E-state index contributed by atoms with van der Waals surface area (Å²) in [5, 5.41) is 0. The van der Waals surface area contributed by atoms with Gasteiger partial charge in [-0.25, -0.2) is 0 Å². The topological polar surface area (TPSA) is 107 Å². The average Bonchev–Trinajstić information content (AvgIpc) is 2.39. The van der Waals surface area contributed by atoms with Gasteiger partial charge < -0.3 is 9.47 Å². The van der Waals surface area contributed by atoms with Gasteiger partial charge in [0.05, 0.1) is 7.14 Å². The van der Waals surface area contributed by atoms with Gasteiger partial charge in [0, 0.05) is 3.57 Å². The molecule has 0 radical (unpaired) electrons. The number of carbonyl (C=O) groups is 2. The van der Waals surface area contributed by atoms with Crippen LogP contribution in [0.3, 0.4) is 0 Å². The summed E-state index contributed by atoms with van der Waals surface area (Å²) in [7, 11) is -5.06. The van der Waals surface area contributed by atoms with Crippen molar-refractivity contribution in [1.82, 2.24) is 0 Å². The molecule has 1 aromatic carbocycles. The van der Waals surface area contributed by atoms with Crippen LogP contribution in [0.2, 0.25) is 0 Å². The predicted octanol–water partition coefficient (Wildman–Crippen LogP) is 3.16. The zero-order valence-corrected chi connectivity index (χ0v) is 19.5. The Labute approximate surface area is 186 Å². The Hall–Kier alpha value is 0.0500. The van der Waals surface area contributed by atoms with E-state index in [1.165, 1.54) is 0 Å². The summed E-state index contributed by atoms with van der Waals surface area (Å²) in [6.45, 7) is 0. The Bertz CT molecular complexity index is 788. The van der Waals surface area contributed by atoms with Gasteiger partial charge in [0.1, 0.15) is 12.2 Å². The van der Waals surface area contributed by atoms with Gasteiger partial charge in [-0.05, 0) is 79.9 Å². The molecule has 0 aliphatic rings. The molecule has 1 rings (SSSR count). The normalized spacial score (nSPS) is 13.2. The maximum atomic E-state index is 12.7. The Morgan fingerprint density at radius 2 is 1.62 bits per heavy atom. The molecular formula is C12H8F3I3O7S. The fraction of sp³-hybridized carbons (Fsp3) is 0.333. The summed E-state index contributed by atoms with van der Waals surface area (Å²) in [5.74, 6) is -4.56. The number of esters is 2. The van der Waals surface area contributed by atoms with Crippen LogP contribution in [0.15, 0.2) is 12.1 Å². The smallest absolute Gasteiger partial charge is 0.426 e. The highest BCUT2D eigenvalue weighted by molar-refractivity contribution is 14.1. The Kier molecular flexibility index (Phi) is 8.80. The van der Waals surface area contributed by atoms with Gasteiger partial charge in [-0.2, -0.15) is 21.6 Å². The summed E-state index contributed by atoms with van der Waals surface area (Å²) < 4.78 is 78.6. The van der Waals surface area contributed by atoms with Crippen molar-refractivity contribution in [3.8, 4) is 5.75 Å². The highest BCUT2D eigenvalue weighted by Crippen LogP contribution is 2.30. The van der Waals surface area contributed by atoms with Crippen LogP contribution in [-0.2, 0) is 24.4 Å². The molecule has 1 N–H and O–H groups in total. The van der Waals surface area contributed by atoms with Crippen LogP contribution in [-0.4, -0.2) is 42.9 Å². The maximum Gasteiger partial charge on any atom is 0.426 e. The molecule has 0 saturated carbocycles. The van der Waals surface area contributed by atoms with Crippen molar-refractivity contribution in [2.24, 2.45) is 0 Å². The molecule has 14 heteroatoms. The second-order valence-electron chi connectivity index (χ2n) is 4.62. The van der Waals surface area contributed by atoms with E-state index in [2.05, 4.69) is 4.74 Å². The Balaban J connectivity index is 2.79. The first-order valence-electron chi connectivity index (χ1n) is 6.25. The SMILES string of the molecule is O=C(CC(=O)OC(CS(=O)(=O)O)C(F)(F)F)Oc1c(I)cc(I)cc1I. The summed E-state index contributed by atoms with van der Waals surface area (Å²) in [6, 6.07) is 3.35. The zero-order chi connectivity index (χ0) is 20.3. The van der Waals surface area contributed by atoms with E-state index in [0.717, 1.165) is 3.57 Å². The van der Waals surface area contributed by atoms with Crippen molar-refractivity contribution in [2.75, 3.05) is 5.75 Å². The first-order valence-corrected chi connectivity index (χ1v) is 11.1. The predicted molar refractivity (Wildman–Crippen MR) is 107 cm³/mol. The molecule has 0 spiro atoms. The molecule has 0 saturated heterocycles. The van der Waals surface area contributed by atoms with E-state index in [-0.39, 0.29) is 5.75 Å². The minimum absolute atomic E-state index is 0.134. The van der Waals surface area contributed by atoms with Crippen molar-refractivity contribution < 1.29 is 45.2 Å². The van der Waals surface area contributed by atoms with E-state index in [1.54, 1.807) is 12.1 Å². The van der Waals surface area contributed by atoms with Gasteiger partial charge in [0.25, 0.3) is 10.1 Å². The minimum atomic E-state index is -5.24. The third-order valence-electron chi connectivity index (χ3n) is 2.47. The van der Waals surface area contributed by atoms with Crippen molar-refractivity contribution in [3.05, 3.63) is 22.8 Å². The lowest BCUT2D eigenvalue weighted by molar-refractivity contribution is -0.215. The first kappa shape index (κ1) is 24.1. The molecule has 26 heavy (non-hydrogen) atoms. The number of hydrogen-bond donors (Lipinski definition) is 1. The molecule has 0 amide bonds. The molecule has 0 aromatic heterocycles. The molecule has 0 bridgehead atoms. The molecule has 146 valence electrons. The van der Waals surface area contributed by atoms with Gasteiger partial charge in [-0.1, -0.05) is 0 Å². The van der Waals surface area contributed by atoms with Crippen LogP contribution in [0.1, 0.15) is 6.42 Å². The third-order valence-corrected chi connectivity index (χ3v) is 5.42. The number of halogens is 6. The minimum Gasteiger partial charge on any atom is -0.451 e.